The van der Waals surface area contributed by atoms with Gasteiger partial charge in [-0.05, 0) is 41.6 Å². The summed E-state index contributed by atoms with van der Waals surface area (Å²) in [5.74, 6) is -0.693. The number of aryl methyl sites for hydroxylation is 1. The standard InChI is InChI=1S/C22H16N4O3S/c1-14-24-25-22(29-14)30-20(21(27)28)10-17-13-26(19-5-3-2-4-18(17)19)12-16-8-6-15(11-23)7-9-16/h2-10,13H,12H2,1H3,(H,27,28)/b20-10-. The highest BCUT2D eigenvalue weighted by Gasteiger charge is 2.16. The van der Waals surface area contributed by atoms with E-state index in [2.05, 4.69) is 20.8 Å². The van der Waals surface area contributed by atoms with E-state index in [4.69, 9.17) is 9.68 Å². The van der Waals surface area contributed by atoms with Gasteiger partial charge in [-0.15, -0.1) is 10.2 Å². The summed E-state index contributed by atoms with van der Waals surface area (Å²) in [7, 11) is 0. The Morgan fingerprint density at radius 1 is 1.23 bits per heavy atom. The summed E-state index contributed by atoms with van der Waals surface area (Å²) in [5, 5.41) is 27.3. The van der Waals surface area contributed by atoms with Crippen LogP contribution in [0.5, 0.6) is 0 Å². The van der Waals surface area contributed by atoms with Crippen LogP contribution in [-0.4, -0.2) is 25.8 Å². The van der Waals surface area contributed by atoms with Crippen LogP contribution < -0.4 is 0 Å². The van der Waals surface area contributed by atoms with Crippen molar-refractivity contribution in [3.05, 3.63) is 82.2 Å². The lowest BCUT2D eigenvalue weighted by Gasteiger charge is -2.05. The van der Waals surface area contributed by atoms with Crippen LogP contribution in [-0.2, 0) is 11.3 Å². The zero-order valence-electron chi connectivity index (χ0n) is 15.9. The second-order valence-corrected chi connectivity index (χ2v) is 7.53. The molecule has 2 aromatic carbocycles. The van der Waals surface area contributed by atoms with Crippen LogP contribution >= 0.6 is 11.8 Å². The Hall–Kier alpha value is -3.83. The van der Waals surface area contributed by atoms with Gasteiger partial charge in [0.1, 0.15) is 4.91 Å². The van der Waals surface area contributed by atoms with Crippen LogP contribution in [0, 0.1) is 18.3 Å². The van der Waals surface area contributed by atoms with Crippen LogP contribution in [0.15, 0.2) is 69.3 Å². The van der Waals surface area contributed by atoms with Gasteiger partial charge < -0.3 is 14.1 Å². The molecule has 0 aliphatic carbocycles. The maximum Gasteiger partial charge on any atom is 0.342 e. The van der Waals surface area contributed by atoms with E-state index in [9.17, 15) is 9.90 Å². The first-order valence-electron chi connectivity index (χ1n) is 9.03. The number of carboxylic acids is 1. The minimum absolute atomic E-state index is 0.0833. The highest BCUT2D eigenvalue weighted by atomic mass is 32.2. The molecule has 148 valence electrons. The fourth-order valence-electron chi connectivity index (χ4n) is 3.09. The number of rotatable bonds is 6. The van der Waals surface area contributed by atoms with Crippen LogP contribution in [0.3, 0.4) is 0 Å². The van der Waals surface area contributed by atoms with Crippen molar-refractivity contribution in [1.29, 1.82) is 5.26 Å². The van der Waals surface area contributed by atoms with Gasteiger partial charge in [0.05, 0.1) is 11.6 Å². The van der Waals surface area contributed by atoms with Crippen LogP contribution in [0.1, 0.15) is 22.6 Å². The number of fused-ring (bicyclic) bond motifs is 1. The van der Waals surface area contributed by atoms with Crippen molar-refractivity contribution < 1.29 is 14.3 Å². The molecule has 0 aliphatic heterocycles. The molecule has 4 aromatic rings. The van der Waals surface area contributed by atoms with E-state index < -0.39 is 5.97 Å². The summed E-state index contributed by atoms with van der Waals surface area (Å²) < 4.78 is 7.36. The summed E-state index contributed by atoms with van der Waals surface area (Å²) in [5.41, 5.74) is 3.41. The minimum Gasteiger partial charge on any atom is -0.477 e. The molecule has 0 saturated carbocycles. The van der Waals surface area contributed by atoms with Gasteiger partial charge in [-0.1, -0.05) is 30.3 Å². The summed E-state index contributed by atoms with van der Waals surface area (Å²) in [4.78, 5) is 11.9. The lowest BCUT2D eigenvalue weighted by Crippen LogP contribution is -1.98. The molecular formula is C22H16N4O3S. The van der Waals surface area contributed by atoms with E-state index in [1.54, 1.807) is 25.1 Å². The molecule has 2 aromatic heterocycles. The summed E-state index contributed by atoms with van der Waals surface area (Å²) in [6.45, 7) is 2.25. The van der Waals surface area contributed by atoms with Gasteiger partial charge in [0.25, 0.3) is 5.22 Å². The number of aliphatic carboxylic acids is 1. The lowest BCUT2D eigenvalue weighted by atomic mass is 10.1. The average Bonchev–Trinajstić information content (AvgIpc) is 3.31. The largest absolute Gasteiger partial charge is 0.477 e. The van der Waals surface area contributed by atoms with E-state index in [1.807, 2.05) is 42.6 Å². The third-order valence-electron chi connectivity index (χ3n) is 4.46. The molecule has 0 saturated heterocycles. The van der Waals surface area contributed by atoms with Gasteiger partial charge in [-0.25, -0.2) is 4.79 Å². The molecular weight excluding hydrogens is 400 g/mol. The van der Waals surface area contributed by atoms with Gasteiger partial charge in [0.2, 0.25) is 5.89 Å². The van der Waals surface area contributed by atoms with Crippen molar-refractivity contribution in [2.24, 2.45) is 0 Å². The number of carbonyl (C=O) groups is 1. The number of nitriles is 1. The van der Waals surface area contributed by atoms with Crippen molar-refractivity contribution in [3.63, 3.8) is 0 Å². The van der Waals surface area contributed by atoms with E-state index >= 15 is 0 Å². The number of carboxylic acid groups (broad SMARTS) is 1. The molecule has 1 N–H and O–H groups in total. The third kappa shape index (κ3) is 4.11. The highest BCUT2D eigenvalue weighted by Crippen LogP contribution is 2.30. The summed E-state index contributed by atoms with van der Waals surface area (Å²) in [6.07, 6.45) is 3.54. The van der Waals surface area contributed by atoms with Crippen molar-refractivity contribution >= 4 is 34.7 Å². The highest BCUT2D eigenvalue weighted by molar-refractivity contribution is 8.03. The molecule has 8 heteroatoms. The van der Waals surface area contributed by atoms with E-state index in [0.29, 0.717) is 18.0 Å². The van der Waals surface area contributed by atoms with Gasteiger partial charge >= 0.3 is 5.97 Å². The van der Waals surface area contributed by atoms with E-state index in [0.717, 1.165) is 33.8 Å². The smallest absolute Gasteiger partial charge is 0.342 e. The Morgan fingerprint density at radius 2 is 2.00 bits per heavy atom. The molecule has 0 amide bonds. The van der Waals surface area contributed by atoms with E-state index in [1.165, 1.54) is 0 Å². The van der Waals surface area contributed by atoms with Crippen LogP contribution in [0.2, 0.25) is 0 Å². The number of aromatic nitrogens is 3. The van der Waals surface area contributed by atoms with Crippen LogP contribution in [0.25, 0.3) is 17.0 Å². The number of benzene rings is 2. The molecule has 0 radical (unpaired) electrons. The predicted molar refractivity (Wildman–Crippen MR) is 113 cm³/mol. The topological polar surface area (TPSA) is 105 Å². The fraction of sp³-hybridized carbons (Fsp3) is 0.0909. The Bertz CT molecular complexity index is 1300. The molecule has 0 unspecified atom stereocenters. The summed E-state index contributed by atoms with van der Waals surface area (Å²) >= 11 is 0.920. The minimum atomic E-state index is -1.07. The van der Waals surface area contributed by atoms with Gasteiger partial charge in [-0.2, -0.15) is 5.26 Å². The molecule has 0 aliphatic rings. The normalized spacial score (nSPS) is 11.5. The van der Waals surface area contributed by atoms with Gasteiger partial charge in [0.15, 0.2) is 0 Å². The number of hydrogen-bond acceptors (Lipinski definition) is 6. The van der Waals surface area contributed by atoms with Crippen molar-refractivity contribution in [2.75, 3.05) is 0 Å². The molecule has 0 bridgehead atoms. The average molecular weight is 416 g/mol. The van der Waals surface area contributed by atoms with Crippen molar-refractivity contribution in [2.45, 2.75) is 18.7 Å². The van der Waals surface area contributed by atoms with Gasteiger partial charge in [-0.3, -0.25) is 0 Å². The number of para-hydroxylation sites is 1. The maximum atomic E-state index is 11.8. The third-order valence-corrected chi connectivity index (χ3v) is 5.31. The molecule has 7 nitrogen and oxygen atoms in total. The number of hydrogen-bond donors (Lipinski definition) is 1. The van der Waals surface area contributed by atoms with Crippen molar-refractivity contribution in [3.8, 4) is 6.07 Å². The molecule has 2 heterocycles. The van der Waals surface area contributed by atoms with Gasteiger partial charge in [0, 0.05) is 36.1 Å². The summed E-state index contributed by atoms with van der Waals surface area (Å²) in [6, 6.07) is 17.3. The van der Waals surface area contributed by atoms with Crippen molar-refractivity contribution in [1.82, 2.24) is 14.8 Å². The monoisotopic (exact) mass is 416 g/mol. The SMILES string of the molecule is Cc1nnc(S/C(=C\c2cn(Cc3ccc(C#N)cc3)c3ccccc23)C(=O)O)o1. The Labute approximate surface area is 176 Å². The number of nitrogens with zero attached hydrogens (tertiary/aromatic N) is 4. The molecule has 0 fully saturated rings. The Morgan fingerprint density at radius 3 is 2.67 bits per heavy atom. The zero-order valence-corrected chi connectivity index (χ0v) is 16.8. The first-order chi connectivity index (χ1) is 14.5. The van der Waals surface area contributed by atoms with Crippen LogP contribution in [0.4, 0.5) is 0 Å². The first kappa shape index (κ1) is 19.5. The Kier molecular flexibility index (Phi) is 5.37. The molecule has 30 heavy (non-hydrogen) atoms. The predicted octanol–water partition coefficient (Wildman–Crippen LogP) is 4.47. The fourth-order valence-corrected chi connectivity index (χ4v) is 3.80. The first-order valence-corrected chi connectivity index (χ1v) is 9.85. The molecule has 4 rings (SSSR count). The lowest BCUT2D eigenvalue weighted by molar-refractivity contribution is -0.131. The molecule has 0 atom stereocenters. The van der Waals surface area contributed by atoms with E-state index in [-0.39, 0.29) is 10.1 Å². The second kappa shape index (κ2) is 8.27. The Balaban J connectivity index is 1.72. The molecule has 0 spiro atoms. The quantitative estimate of drug-likeness (QED) is 0.365. The second-order valence-electron chi connectivity index (χ2n) is 6.54. The maximum absolute atomic E-state index is 11.8. The zero-order chi connectivity index (χ0) is 21.1. The number of thioether (sulfide) groups is 1.